The molecule has 0 saturated carbocycles. The maximum absolute atomic E-state index is 11.2. The van der Waals surface area contributed by atoms with Crippen molar-refractivity contribution in [1.82, 2.24) is 5.32 Å². The first-order chi connectivity index (χ1) is 7.00. The van der Waals surface area contributed by atoms with Crippen LogP contribution in [0.1, 0.15) is 11.1 Å². The normalized spacial score (nSPS) is 16.1. The molecule has 3 N–H and O–H groups in total. The Balaban J connectivity index is 2.63. The van der Waals surface area contributed by atoms with Crippen LogP contribution >= 0.6 is 11.6 Å². The molecular weight excluding hydrogens is 236 g/mol. The molecule has 1 aliphatic rings. The van der Waals surface area contributed by atoms with E-state index in [9.17, 15) is 8.42 Å². The van der Waals surface area contributed by atoms with Crippen LogP contribution in [-0.2, 0) is 23.0 Å². The molecule has 1 aromatic rings. The maximum atomic E-state index is 11.2. The molecule has 0 amide bonds. The Labute approximate surface area is 93.5 Å². The van der Waals surface area contributed by atoms with E-state index in [1.165, 1.54) is 6.07 Å². The zero-order valence-electron chi connectivity index (χ0n) is 7.96. The lowest BCUT2D eigenvalue weighted by Gasteiger charge is -2.19. The van der Waals surface area contributed by atoms with Crippen molar-refractivity contribution in [2.75, 3.05) is 6.54 Å². The number of rotatable bonds is 1. The number of halogens is 1. The molecule has 0 aromatic heterocycles. The van der Waals surface area contributed by atoms with Crippen LogP contribution in [0.4, 0.5) is 0 Å². The van der Waals surface area contributed by atoms with Gasteiger partial charge >= 0.3 is 0 Å². The van der Waals surface area contributed by atoms with Crippen LogP contribution in [-0.4, -0.2) is 15.0 Å². The zero-order chi connectivity index (χ0) is 11.1. The molecular formula is C9H11ClN2O2S. The quantitative estimate of drug-likeness (QED) is 0.764. The molecule has 0 fully saturated rings. The summed E-state index contributed by atoms with van der Waals surface area (Å²) in [6.07, 6.45) is 0.861. The molecule has 0 atom stereocenters. The second-order valence-electron chi connectivity index (χ2n) is 3.49. The lowest BCUT2D eigenvalue weighted by atomic mass is 10.0. The van der Waals surface area contributed by atoms with Crippen molar-refractivity contribution in [2.45, 2.75) is 17.9 Å². The van der Waals surface area contributed by atoms with Crippen LogP contribution in [0.25, 0.3) is 0 Å². The van der Waals surface area contributed by atoms with Gasteiger partial charge < -0.3 is 5.32 Å². The largest absolute Gasteiger partial charge is 0.312 e. The fourth-order valence-electron chi connectivity index (χ4n) is 1.72. The van der Waals surface area contributed by atoms with E-state index in [2.05, 4.69) is 5.32 Å². The van der Waals surface area contributed by atoms with Crippen molar-refractivity contribution in [2.24, 2.45) is 5.14 Å². The number of hydrogen-bond acceptors (Lipinski definition) is 3. The van der Waals surface area contributed by atoms with Crippen LogP contribution < -0.4 is 10.5 Å². The van der Waals surface area contributed by atoms with Gasteiger partial charge in [-0.3, -0.25) is 0 Å². The van der Waals surface area contributed by atoms with Gasteiger partial charge in [-0.2, -0.15) is 0 Å². The standard InChI is InChI=1S/C9H11ClN2O2S/c10-9-7-5-12-4-3-6(7)1-2-8(9)15(11,13)14/h1-2,12H,3-5H2,(H2,11,13,14). The number of nitrogens with one attached hydrogen (secondary N) is 1. The maximum Gasteiger partial charge on any atom is 0.239 e. The Morgan fingerprint density at radius 1 is 1.40 bits per heavy atom. The Bertz CT molecular complexity index is 499. The minimum absolute atomic E-state index is 0.00613. The van der Waals surface area contributed by atoms with Gasteiger partial charge in [0.2, 0.25) is 10.0 Å². The minimum Gasteiger partial charge on any atom is -0.312 e. The monoisotopic (exact) mass is 246 g/mol. The predicted octanol–water partition coefficient (Wildman–Crippen LogP) is 0.633. The molecule has 0 bridgehead atoms. The summed E-state index contributed by atoms with van der Waals surface area (Å²) >= 11 is 6.01. The highest BCUT2D eigenvalue weighted by molar-refractivity contribution is 7.89. The molecule has 82 valence electrons. The van der Waals surface area contributed by atoms with Crippen molar-refractivity contribution in [3.8, 4) is 0 Å². The third-order valence-electron chi connectivity index (χ3n) is 2.48. The van der Waals surface area contributed by atoms with E-state index < -0.39 is 10.0 Å². The molecule has 1 aliphatic heterocycles. The van der Waals surface area contributed by atoms with E-state index in [4.69, 9.17) is 16.7 Å². The molecule has 1 aromatic carbocycles. The SMILES string of the molecule is NS(=O)(=O)c1ccc2c(c1Cl)CNCC2. The second kappa shape index (κ2) is 3.75. The van der Waals surface area contributed by atoms with Crippen molar-refractivity contribution in [3.05, 3.63) is 28.3 Å². The van der Waals surface area contributed by atoms with Gasteiger partial charge in [0.1, 0.15) is 4.90 Å². The summed E-state index contributed by atoms with van der Waals surface area (Å²) in [6.45, 7) is 1.48. The smallest absolute Gasteiger partial charge is 0.239 e. The minimum atomic E-state index is -3.73. The molecule has 0 saturated heterocycles. The van der Waals surface area contributed by atoms with Crippen LogP contribution in [0, 0.1) is 0 Å². The summed E-state index contributed by atoms with van der Waals surface area (Å²) in [5.74, 6) is 0. The summed E-state index contributed by atoms with van der Waals surface area (Å²) in [6, 6.07) is 3.25. The third-order valence-corrected chi connectivity index (χ3v) is 3.98. The van der Waals surface area contributed by atoms with Gasteiger partial charge in [0, 0.05) is 6.54 Å². The van der Waals surface area contributed by atoms with Crippen LogP contribution in [0.2, 0.25) is 5.02 Å². The second-order valence-corrected chi connectivity index (χ2v) is 5.39. The van der Waals surface area contributed by atoms with Crippen LogP contribution in [0.3, 0.4) is 0 Å². The molecule has 0 spiro atoms. The van der Waals surface area contributed by atoms with Gasteiger partial charge in [0.25, 0.3) is 0 Å². The number of fused-ring (bicyclic) bond motifs is 1. The lowest BCUT2D eigenvalue weighted by Crippen LogP contribution is -2.25. The van der Waals surface area contributed by atoms with E-state index in [0.717, 1.165) is 24.1 Å². The summed E-state index contributed by atoms with van der Waals surface area (Å²) in [4.78, 5) is 0.00613. The Kier molecular flexibility index (Phi) is 2.72. The first kappa shape index (κ1) is 10.9. The number of hydrogen-bond donors (Lipinski definition) is 2. The fraction of sp³-hybridized carbons (Fsp3) is 0.333. The van der Waals surface area contributed by atoms with Crippen LogP contribution in [0.5, 0.6) is 0 Å². The average molecular weight is 247 g/mol. The molecule has 0 unspecified atom stereocenters. The molecule has 0 aliphatic carbocycles. The summed E-state index contributed by atoms with van der Waals surface area (Å²) < 4.78 is 22.4. The molecule has 0 radical (unpaired) electrons. The Hall–Kier alpha value is -0.620. The highest BCUT2D eigenvalue weighted by Crippen LogP contribution is 2.29. The molecule has 6 heteroatoms. The van der Waals surface area contributed by atoms with E-state index >= 15 is 0 Å². The van der Waals surface area contributed by atoms with Gasteiger partial charge in [-0.1, -0.05) is 17.7 Å². The molecule has 2 rings (SSSR count). The van der Waals surface area contributed by atoms with Gasteiger partial charge in [-0.05, 0) is 30.2 Å². The van der Waals surface area contributed by atoms with E-state index in [1.54, 1.807) is 6.07 Å². The molecule has 4 nitrogen and oxygen atoms in total. The summed E-state index contributed by atoms with van der Waals surface area (Å²) in [5, 5.41) is 8.45. The molecule has 1 heterocycles. The number of benzene rings is 1. The summed E-state index contributed by atoms with van der Waals surface area (Å²) in [7, 11) is -3.73. The van der Waals surface area contributed by atoms with Crippen molar-refractivity contribution < 1.29 is 8.42 Å². The Morgan fingerprint density at radius 3 is 2.80 bits per heavy atom. The highest BCUT2D eigenvalue weighted by atomic mass is 35.5. The molecule has 15 heavy (non-hydrogen) atoms. The van der Waals surface area contributed by atoms with Gasteiger partial charge in [-0.15, -0.1) is 0 Å². The first-order valence-electron chi connectivity index (χ1n) is 4.54. The van der Waals surface area contributed by atoms with Crippen molar-refractivity contribution in [1.29, 1.82) is 0 Å². The number of nitrogens with two attached hydrogens (primary N) is 1. The fourth-order valence-corrected chi connectivity index (χ4v) is 2.93. The number of primary sulfonamides is 1. The topological polar surface area (TPSA) is 72.2 Å². The highest BCUT2D eigenvalue weighted by Gasteiger charge is 2.19. The van der Waals surface area contributed by atoms with Gasteiger partial charge in [0.15, 0.2) is 0 Å². The van der Waals surface area contributed by atoms with E-state index in [0.29, 0.717) is 6.54 Å². The first-order valence-corrected chi connectivity index (χ1v) is 6.46. The lowest BCUT2D eigenvalue weighted by molar-refractivity contribution is 0.596. The third kappa shape index (κ3) is 2.01. The Morgan fingerprint density at radius 2 is 2.13 bits per heavy atom. The van der Waals surface area contributed by atoms with Crippen molar-refractivity contribution in [3.63, 3.8) is 0 Å². The van der Waals surface area contributed by atoms with E-state index in [1.807, 2.05) is 0 Å². The predicted molar refractivity (Wildman–Crippen MR) is 58.2 cm³/mol. The zero-order valence-corrected chi connectivity index (χ0v) is 9.53. The van der Waals surface area contributed by atoms with Gasteiger partial charge in [-0.25, -0.2) is 13.6 Å². The van der Waals surface area contributed by atoms with E-state index in [-0.39, 0.29) is 9.92 Å². The average Bonchev–Trinajstić information content (AvgIpc) is 2.16. The number of sulfonamides is 1. The summed E-state index contributed by atoms with van der Waals surface area (Å²) in [5.41, 5.74) is 1.93. The van der Waals surface area contributed by atoms with Crippen molar-refractivity contribution >= 4 is 21.6 Å². The van der Waals surface area contributed by atoms with Gasteiger partial charge in [0.05, 0.1) is 5.02 Å². The van der Waals surface area contributed by atoms with Crippen LogP contribution in [0.15, 0.2) is 17.0 Å².